The molecule has 3 aromatic heterocycles. The van der Waals surface area contributed by atoms with Crippen molar-refractivity contribution >= 4 is 44.7 Å². The van der Waals surface area contributed by atoms with Crippen molar-refractivity contribution in [2.75, 3.05) is 0 Å². The Morgan fingerprint density at radius 3 is 2.90 bits per heavy atom. The molecule has 0 saturated heterocycles. The zero-order valence-electron chi connectivity index (χ0n) is 11.5. The maximum absolute atomic E-state index is 12.3. The van der Waals surface area contributed by atoms with Gasteiger partial charge in [-0.1, -0.05) is 0 Å². The predicted octanol–water partition coefficient (Wildman–Crippen LogP) is 3.56. The van der Waals surface area contributed by atoms with Crippen LogP contribution in [0.1, 0.15) is 25.8 Å². The molecule has 0 amide bonds. The van der Waals surface area contributed by atoms with Gasteiger partial charge in [-0.15, -0.1) is 22.7 Å². The van der Waals surface area contributed by atoms with Gasteiger partial charge in [-0.25, -0.2) is 4.98 Å². The molecule has 3 aromatic rings. The van der Waals surface area contributed by atoms with E-state index >= 15 is 0 Å². The summed E-state index contributed by atoms with van der Waals surface area (Å²) in [5.74, 6) is -0.284. The minimum absolute atomic E-state index is 0.207. The van der Waals surface area contributed by atoms with Crippen molar-refractivity contribution in [2.45, 2.75) is 13.8 Å². The van der Waals surface area contributed by atoms with Crippen LogP contribution in [0.15, 0.2) is 28.5 Å². The second-order valence-electron chi connectivity index (χ2n) is 4.60. The molecular weight excluding hydrogens is 304 g/mol. The molecule has 0 aliphatic rings. The van der Waals surface area contributed by atoms with E-state index in [1.54, 1.807) is 12.3 Å². The number of aromatic amines is 1. The van der Waals surface area contributed by atoms with Gasteiger partial charge in [-0.05, 0) is 43.0 Å². The number of aryl methyl sites for hydroxylation is 2. The van der Waals surface area contributed by atoms with Crippen molar-refractivity contribution in [3.63, 3.8) is 0 Å². The lowest BCUT2D eigenvalue weighted by atomic mass is 10.0. The molecule has 3 heterocycles. The summed E-state index contributed by atoms with van der Waals surface area (Å²) in [5, 5.41) is 3.76. The van der Waals surface area contributed by atoms with E-state index in [2.05, 4.69) is 9.97 Å². The first-order valence-electron chi connectivity index (χ1n) is 6.31. The Balaban J connectivity index is 2.01. The van der Waals surface area contributed by atoms with Crippen LogP contribution in [-0.4, -0.2) is 15.8 Å². The SMILES string of the molecule is Cc1ncc(/C=C/C(=O)c2c(C)c3ccsc3[nH]c2=O)s1. The topological polar surface area (TPSA) is 62.8 Å². The zero-order valence-corrected chi connectivity index (χ0v) is 13.1. The average molecular weight is 316 g/mol. The third kappa shape index (κ3) is 2.59. The number of nitrogens with zero attached hydrogens (tertiary/aromatic N) is 1. The Labute approximate surface area is 128 Å². The Kier molecular flexibility index (Phi) is 3.57. The van der Waals surface area contributed by atoms with Crippen molar-refractivity contribution in [2.24, 2.45) is 0 Å². The van der Waals surface area contributed by atoms with E-state index in [1.807, 2.05) is 25.3 Å². The Morgan fingerprint density at radius 1 is 1.38 bits per heavy atom. The van der Waals surface area contributed by atoms with Crippen LogP contribution in [0.4, 0.5) is 0 Å². The van der Waals surface area contributed by atoms with Crippen molar-refractivity contribution < 1.29 is 4.79 Å². The number of thiazole rings is 1. The number of rotatable bonds is 3. The Bertz CT molecular complexity index is 915. The van der Waals surface area contributed by atoms with Crippen LogP contribution >= 0.6 is 22.7 Å². The number of carbonyl (C=O) groups excluding carboxylic acids is 1. The number of nitrogens with one attached hydrogen (secondary N) is 1. The summed E-state index contributed by atoms with van der Waals surface area (Å²) in [7, 11) is 0. The summed E-state index contributed by atoms with van der Waals surface area (Å²) in [6.45, 7) is 3.71. The fraction of sp³-hybridized carbons (Fsp3) is 0.133. The molecule has 1 N–H and O–H groups in total. The number of thiophene rings is 1. The first kappa shape index (κ1) is 13.9. The normalized spacial score (nSPS) is 11.5. The number of H-pyrrole nitrogens is 1. The van der Waals surface area contributed by atoms with E-state index in [9.17, 15) is 9.59 Å². The van der Waals surface area contributed by atoms with E-state index in [0.29, 0.717) is 0 Å². The van der Waals surface area contributed by atoms with Crippen molar-refractivity contribution in [1.82, 2.24) is 9.97 Å². The van der Waals surface area contributed by atoms with Crippen LogP contribution in [0.25, 0.3) is 16.3 Å². The van der Waals surface area contributed by atoms with Gasteiger partial charge in [-0.3, -0.25) is 9.59 Å². The van der Waals surface area contributed by atoms with Crippen LogP contribution in [-0.2, 0) is 0 Å². The lowest BCUT2D eigenvalue weighted by Crippen LogP contribution is -2.18. The van der Waals surface area contributed by atoms with Gasteiger partial charge < -0.3 is 4.98 Å². The van der Waals surface area contributed by atoms with Gasteiger partial charge in [0.15, 0.2) is 5.78 Å². The molecular formula is C15H12N2O2S2. The number of hydrogen-bond acceptors (Lipinski definition) is 5. The molecule has 0 aliphatic carbocycles. The Morgan fingerprint density at radius 2 is 2.19 bits per heavy atom. The molecule has 0 atom stereocenters. The van der Waals surface area contributed by atoms with Gasteiger partial charge in [0.2, 0.25) is 0 Å². The third-order valence-electron chi connectivity index (χ3n) is 3.18. The Hall–Kier alpha value is -2.05. The van der Waals surface area contributed by atoms with E-state index in [0.717, 1.165) is 25.7 Å². The smallest absolute Gasteiger partial charge is 0.260 e. The number of allylic oxidation sites excluding steroid dienone is 1. The minimum atomic E-state index is -0.336. The second-order valence-corrected chi connectivity index (χ2v) is 6.78. The predicted molar refractivity (Wildman–Crippen MR) is 87.4 cm³/mol. The highest BCUT2D eigenvalue weighted by Crippen LogP contribution is 2.22. The number of carbonyl (C=O) groups is 1. The van der Waals surface area contributed by atoms with Gasteiger partial charge >= 0.3 is 0 Å². The average Bonchev–Trinajstić information content (AvgIpc) is 3.05. The van der Waals surface area contributed by atoms with Gasteiger partial charge in [0.05, 0.1) is 10.6 Å². The largest absolute Gasteiger partial charge is 0.313 e. The first-order valence-corrected chi connectivity index (χ1v) is 8.01. The van der Waals surface area contributed by atoms with Crippen molar-refractivity contribution in [3.8, 4) is 0 Å². The fourth-order valence-electron chi connectivity index (χ4n) is 2.16. The van der Waals surface area contributed by atoms with E-state index in [4.69, 9.17) is 0 Å². The summed E-state index contributed by atoms with van der Waals surface area (Å²) in [5.41, 5.74) is 0.598. The van der Waals surface area contributed by atoms with Crippen LogP contribution < -0.4 is 5.56 Å². The summed E-state index contributed by atoms with van der Waals surface area (Å²) in [4.78, 5) is 33.0. The molecule has 4 nitrogen and oxygen atoms in total. The number of hydrogen-bond donors (Lipinski definition) is 1. The van der Waals surface area contributed by atoms with Crippen LogP contribution in [0.5, 0.6) is 0 Å². The van der Waals surface area contributed by atoms with Crippen LogP contribution in [0.3, 0.4) is 0 Å². The van der Waals surface area contributed by atoms with Crippen LogP contribution in [0, 0.1) is 13.8 Å². The standard InChI is InChI=1S/C15H12N2O2S2/c1-8-11-5-6-20-15(11)17-14(19)13(8)12(18)4-3-10-7-16-9(2)21-10/h3-7H,1-2H3,(H,17,19)/b4-3+. The van der Waals surface area contributed by atoms with Crippen molar-refractivity contribution in [1.29, 1.82) is 0 Å². The fourth-order valence-corrected chi connectivity index (χ4v) is 3.69. The maximum atomic E-state index is 12.3. The molecule has 0 spiro atoms. The molecule has 0 radical (unpaired) electrons. The van der Waals surface area contributed by atoms with E-state index in [1.165, 1.54) is 28.7 Å². The van der Waals surface area contributed by atoms with Gasteiger partial charge in [0, 0.05) is 16.5 Å². The summed E-state index contributed by atoms with van der Waals surface area (Å²) in [6, 6.07) is 1.91. The third-order valence-corrected chi connectivity index (χ3v) is 4.89. The molecule has 0 fully saturated rings. The number of aromatic nitrogens is 2. The molecule has 0 aromatic carbocycles. The highest BCUT2D eigenvalue weighted by Gasteiger charge is 2.15. The highest BCUT2D eigenvalue weighted by molar-refractivity contribution is 7.16. The summed E-state index contributed by atoms with van der Waals surface area (Å²) < 4.78 is 0. The first-order chi connectivity index (χ1) is 10.1. The molecule has 0 bridgehead atoms. The molecule has 0 saturated carbocycles. The lowest BCUT2D eigenvalue weighted by Gasteiger charge is -2.02. The van der Waals surface area contributed by atoms with Crippen LogP contribution in [0.2, 0.25) is 0 Å². The summed E-state index contributed by atoms with van der Waals surface area (Å²) >= 11 is 2.96. The quantitative estimate of drug-likeness (QED) is 0.593. The van der Waals surface area contributed by atoms with Crippen molar-refractivity contribution in [3.05, 3.63) is 55.1 Å². The zero-order chi connectivity index (χ0) is 15.0. The molecule has 0 aliphatic heterocycles. The molecule has 3 rings (SSSR count). The minimum Gasteiger partial charge on any atom is -0.313 e. The van der Waals surface area contributed by atoms with Gasteiger partial charge in [-0.2, -0.15) is 0 Å². The molecule has 0 unspecified atom stereocenters. The number of pyridine rings is 1. The lowest BCUT2D eigenvalue weighted by molar-refractivity contribution is 0.104. The second kappa shape index (κ2) is 5.38. The monoisotopic (exact) mass is 316 g/mol. The molecule has 106 valence electrons. The van der Waals surface area contributed by atoms with Gasteiger partial charge in [0.25, 0.3) is 5.56 Å². The number of ketones is 1. The molecule has 21 heavy (non-hydrogen) atoms. The number of fused-ring (bicyclic) bond motifs is 1. The summed E-state index contributed by atoms with van der Waals surface area (Å²) in [6.07, 6.45) is 4.84. The van der Waals surface area contributed by atoms with E-state index < -0.39 is 0 Å². The van der Waals surface area contributed by atoms with Gasteiger partial charge in [0.1, 0.15) is 4.83 Å². The highest BCUT2D eigenvalue weighted by atomic mass is 32.1. The van der Waals surface area contributed by atoms with E-state index in [-0.39, 0.29) is 16.9 Å². The molecule has 6 heteroatoms. The maximum Gasteiger partial charge on any atom is 0.260 e.